The van der Waals surface area contributed by atoms with E-state index in [1.165, 1.54) is 11.8 Å². The zero-order chi connectivity index (χ0) is 21.4. The van der Waals surface area contributed by atoms with Crippen molar-refractivity contribution < 1.29 is 0 Å². The zero-order valence-corrected chi connectivity index (χ0v) is 19.1. The van der Waals surface area contributed by atoms with Gasteiger partial charge in [-0.3, -0.25) is 14.2 Å². The van der Waals surface area contributed by atoms with Crippen molar-refractivity contribution in [3.05, 3.63) is 61.2 Å². The molecule has 6 nitrogen and oxygen atoms in total. The second-order valence-corrected chi connectivity index (χ2v) is 9.91. The van der Waals surface area contributed by atoms with Crippen LogP contribution in [-0.2, 0) is 6.54 Å². The molecule has 4 rings (SSSR count). The Bertz CT molecular complexity index is 1350. The number of para-hydroxylation sites is 1. The van der Waals surface area contributed by atoms with Crippen LogP contribution >= 0.6 is 23.1 Å². The molecule has 1 unspecified atom stereocenters. The Kier molecular flexibility index (Phi) is 5.79. The van der Waals surface area contributed by atoms with Crippen LogP contribution in [-0.4, -0.2) is 19.5 Å². The summed E-state index contributed by atoms with van der Waals surface area (Å²) in [6.45, 7) is 8.72. The minimum Gasteiger partial charge on any atom is -0.309 e. The lowest BCUT2D eigenvalue weighted by Crippen LogP contribution is -2.24. The van der Waals surface area contributed by atoms with Crippen LogP contribution in [0.1, 0.15) is 48.2 Å². The van der Waals surface area contributed by atoms with Gasteiger partial charge in [0.15, 0.2) is 5.16 Å². The molecular formula is C22H24N4O2S2. The maximum atomic E-state index is 13.3. The smallest absolute Gasteiger partial charge is 0.263 e. The molecule has 0 aliphatic rings. The van der Waals surface area contributed by atoms with E-state index in [2.05, 4.69) is 16.9 Å². The molecule has 0 spiro atoms. The number of nitrogens with one attached hydrogen (secondary N) is 1. The molecule has 3 heterocycles. The Balaban J connectivity index is 1.79. The number of hydrogen-bond acceptors (Lipinski definition) is 6. The standard InChI is InChI=1S/C22H24N4O2S2/c1-5-6-11-26-21(28)17-12(2)13(3)29-20(17)25-22(26)30-14(4)18-23-16-10-8-7-9-15(16)19(27)24-18/h7-10,14H,5-6,11H2,1-4H3,(H,23,24,27). The Hall–Kier alpha value is -2.45. The first-order chi connectivity index (χ1) is 14.4. The number of nitrogens with zero attached hydrogens (tertiary/aromatic N) is 3. The number of hydrogen-bond donors (Lipinski definition) is 1. The van der Waals surface area contributed by atoms with Gasteiger partial charge in [-0.05, 0) is 44.9 Å². The predicted octanol–water partition coefficient (Wildman–Crippen LogP) is 4.96. The van der Waals surface area contributed by atoms with Crippen molar-refractivity contribution in [3.8, 4) is 0 Å². The van der Waals surface area contributed by atoms with E-state index >= 15 is 0 Å². The van der Waals surface area contributed by atoms with Crippen molar-refractivity contribution in [2.24, 2.45) is 0 Å². The lowest BCUT2D eigenvalue weighted by Gasteiger charge is -2.15. The van der Waals surface area contributed by atoms with Gasteiger partial charge in [0.2, 0.25) is 0 Å². The van der Waals surface area contributed by atoms with Crippen molar-refractivity contribution in [1.29, 1.82) is 0 Å². The van der Waals surface area contributed by atoms with Crippen molar-refractivity contribution >= 4 is 44.2 Å². The SMILES string of the molecule is CCCCn1c(SC(C)c2nc3ccccc3c(=O)[nH]2)nc2sc(C)c(C)c2c1=O. The van der Waals surface area contributed by atoms with Gasteiger partial charge in [0, 0.05) is 11.4 Å². The molecule has 1 aromatic carbocycles. The van der Waals surface area contributed by atoms with E-state index in [1.54, 1.807) is 22.0 Å². The quantitative estimate of drug-likeness (QED) is 0.338. The van der Waals surface area contributed by atoms with Gasteiger partial charge in [-0.2, -0.15) is 0 Å². The third kappa shape index (κ3) is 3.70. The molecule has 3 aromatic heterocycles. The van der Waals surface area contributed by atoms with E-state index in [0.29, 0.717) is 28.4 Å². The van der Waals surface area contributed by atoms with E-state index in [1.807, 2.05) is 39.0 Å². The van der Waals surface area contributed by atoms with Crippen molar-refractivity contribution in [2.45, 2.75) is 57.5 Å². The molecule has 0 bridgehead atoms. The lowest BCUT2D eigenvalue weighted by molar-refractivity contribution is 0.557. The summed E-state index contributed by atoms with van der Waals surface area (Å²) >= 11 is 3.02. The van der Waals surface area contributed by atoms with Crippen LogP contribution in [0.15, 0.2) is 39.0 Å². The van der Waals surface area contributed by atoms with Crippen molar-refractivity contribution in [2.75, 3.05) is 0 Å². The lowest BCUT2D eigenvalue weighted by atomic mass is 10.2. The van der Waals surface area contributed by atoms with Gasteiger partial charge in [-0.25, -0.2) is 9.97 Å². The van der Waals surface area contributed by atoms with Crippen LogP contribution in [0.4, 0.5) is 0 Å². The summed E-state index contributed by atoms with van der Waals surface area (Å²) in [5.74, 6) is 0.582. The molecule has 0 radical (unpaired) electrons. The zero-order valence-electron chi connectivity index (χ0n) is 17.5. The molecule has 0 saturated heterocycles. The molecule has 0 aliphatic carbocycles. The average Bonchev–Trinajstić information content (AvgIpc) is 3.01. The average molecular weight is 441 g/mol. The highest BCUT2D eigenvalue weighted by atomic mass is 32.2. The molecule has 156 valence electrons. The Morgan fingerprint density at radius 3 is 2.73 bits per heavy atom. The first-order valence-electron chi connectivity index (χ1n) is 10.1. The molecule has 8 heteroatoms. The summed E-state index contributed by atoms with van der Waals surface area (Å²) in [6, 6.07) is 7.30. The first kappa shape index (κ1) is 20.8. The van der Waals surface area contributed by atoms with Crippen LogP contribution < -0.4 is 11.1 Å². The number of aromatic nitrogens is 4. The third-order valence-corrected chi connectivity index (χ3v) is 7.49. The number of fused-ring (bicyclic) bond motifs is 2. The molecule has 0 amide bonds. The van der Waals surface area contributed by atoms with Crippen LogP contribution in [0.2, 0.25) is 0 Å². The van der Waals surface area contributed by atoms with Gasteiger partial charge < -0.3 is 4.98 Å². The molecule has 4 aromatic rings. The van der Waals surface area contributed by atoms with Crippen LogP contribution in [0, 0.1) is 13.8 Å². The number of thiophene rings is 1. The minimum atomic E-state index is -0.165. The number of H-pyrrole nitrogens is 1. The summed E-state index contributed by atoms with van der Waals surface area (Å²) in [6.07, 6.45) is 1.90. The van der Waals surface area contributed by atoms with Crippen LogP contribution in [0.3, 0.4) is 0 Å². The number of aryl methyl sites for hydroxylation is 2. The Labute approximate surface area is 182 Å². The van der Waals surface area contributed by atoms with E-state index in [9.17, 15) is 9.59 Å². The van der Waals surface area contributed by atoms with Crippen LogP contribution in [0.25, 0.3) is 21.1 Å². The van der Waals surface area contributed by atoms with Crippen molar-refractivity contribution in [3.63, 3.8) is 0 Å². The normalized spacial score (nSPS) is 12.7. The highest BCUT2D eigenvalue weighted by molar-refractivity contribution is 7.99. The minimum absolute atomic E-state index is 0.0185. The predicted molar refractivity (Wildman–Crippen MR) is 125 cm³/mol. The second kappa shape index (κ2) is 8.35. The van der Waals surface area contributed by atoms with E-state index in [0.717, 1.165) is 33.5 Å². The topological polar surface area (TPSA) is 80.6 Å². The Morgan fingerprint density at radius 1 is 1.20 bits per heavy atom. The number of thioether (sulfide) groups is 1. The van der Waals surface area contributed by atoms with E-state index in [-0.39, 0.29) is 16.4 Å². The summed E-state index contributed by atoms with van der Waals surface area (Å²) in [5.41, 5.74) is 1.55. The van der Waals surface area contributed by atoms with Gasteiger partial charge in [0.05, 0.1) is 21.5 Å². The maximum absolute atomic E-state index is 13.3. The fraction of sp³-hybridized carbons (Fsp3) is 0.364. The van der Waals surface area contributed by atoms with E-state index < -0.39 is 0 Å². The van der Waals surface area contributed by atoms with Crippen LogP contribution in [0.5, 0.6) is 0 Å². The number of unbranched alkanes of at least 4 members (excludes halogenated alkanes) is 1. The summed E-state index contributed by atoms with van der Waals surface area (Å²) in [4.78, 5) is 40.0. The van der Waals surface area contributed by atoms with Gasteiger partial charge in [-0.15, -0.1) is 11.3 Å². The summed E-state index contributed by atoms with van der Waals surface area (Å²) < 4.78 is 1.78. The molecule has 0 saturated carbocycles. The van der Waals surface area contributed by atoms with Gasteiger partial charge >= 0.3 is 0 Å². The fourth-order valence-corrected chi connectivity index (χ4v) is 5.49. The summed E-state index contributed by atoms with van der Waals surface area (Å²) in [5, 5.41) is 1.80. The highest BCUT2D eigenvalue weighted by Gasteiger charge is 2.20. The first-order valence-corrected chi connectivity index (χ1v) is 11.8. The largest absolute Gasteiger partial charge is 0.309 e. The molecule has 0 fully saturated rings. The molecule has 1 N–H and O–H groups in total. The van der Waals surface area contributed by atoms with Gasteiger partial charge in [0.25, 0.3) is 11.1 Å². The molecule has 0 aliphatic heterocycles. The van der Waals surface area contributed by atoms with Crippen molar-refractivity contribution in [1.82, 2.24) is 19.5 Å². The van der Waals surface area contributed by atoms with Gasteiger partial charge in [0.1, 0.15) is 10.7 Å². The van der Waals surface area contributed by atoms with E-state index in [4.69, 9.17) is 4.98 Å². The second-order valence-electron chi connectivity index (χ2n) is 7.40. The van der Waals surface area contributed by atoms with Gasteiger partial charge in [-0.1, -0.05) is 37.2 Å². The fourth-order valence-electron chi connectivity index (χ4n) is 3.42. The number of rotatable bonds is 6. The number of benzene rings is 1. The summed E-state index contributed by atoms with van der Waals surface area (Å²) in [7, 11) is 0. The molecule has 30 heavy (non-hydrogen) atoms. The number of aromatic amines is 1. The molecular weight excluding hydrogens is 416 g/mol. The monoisotopic (exact) mass is 440 g/mol. The molecule has 1 atom stereocenters. The third-order valence-electron chi connectivity index (χ3n) is 5.29. The Morgan fingerprint density at radius 2 is 1.97 bits per heavy atom. The highest BCUT2D eigenvalue weighted by Crippen LogP contribution is 2.34. The maximum Gasteiger partial charge on any atom is 0.263 e.